The number of carbonyl (C=O) groups excluding carboxylic acids is 1. The number of nitrogens with zero attached hydrogens (tertiary/aromatic N) is 1. The standard InChI is InChI=1S/C10H9ClN4O.ClH/c11-6-1-2-7-5(3-6)4-8(14-7)9(16)15-10(12)13;/h1-4,14H,(H4,12,13,15,16);1H. The Morgan fingerprint density at radius 2 is 2.00 bits per heavy atom. The summed E-state index contributed by atoms with van der Waals surface area (Å²) in [6.07, 6.45) is 0. The number of aromatic nitrogens is 1. The van der Waals surface area contributed by atoms with Crippen LogP contribution < -0.4 is 11.5 Å². The number of guanidine groups is 1. The van der Waals surface area contributed by atoms with Crippen LogP contribution in [0.3, 0.4) is 0 Å². The van der Waals surface area contributed by atoms with Gasteiger partial charge in [0.25, 0.3) is 5.91 Å². The second-order valence-electron chi connectivity index (χ2n) is 3.26. The number of nitrogens with two attached hydrogens (primary N) is 2. The van der Waals surface area contributed by atoms with Crippen LogP contribution in [0.2, 0.25) is 5.02 Å². The molecule has 0 spiro atoms. The van der Waals surface area contributed by atoms with Gasteiger partial charge in [0.15, 0.2) is 5.96 Å². The van der Waals surface area contributed by atoms with Crippen LogP contribution in [0.5, 0.6) is 0 Å². The van der Waals surface area contributed by atoms with E-state index in [1.807, 2.05) is 0 Å². The van der Waals surface area contributed by atoms with Crippen LogP contribution in [-0.2, 0) is 0 Å². The SMILES string of the molecule is Cl.NC(N)=NC(=O)c1cc2cc(Cl)ccc2[nH]1. The highest BCUT2D eigenvalue weighted by molar-refractivity contribution is 6.31. The van der Waals surface area contributed by atoms with Crippen molar-refractivity contribution in [1.82, 2.24) is 4.98 Å². The largest absolute Gasteiger partial charge is 0.370 e. The van der Waals surface area contributed by atoms with E-state index >= 15 is 0 Å². The molecule has 0 unspecified atom stereocenters. The van der Waals surface area contributed by atoms with E-state index < -0.39 is 5.91 Å². The zero-order valence-corrected chi connectivity index (χ0v) is 10.2. The first-order valence-corrected chi connectivity index (χ1v) is 4.86. The molecule has 0 saturated carbocycles. The molecule has 90 valence electrons. The van der Waals surface area contributed by atoms with Crippen molar-refractivity contribution in [2.24, 2.45) is 16.5 Å². The maximum atomic E-state index is 11.5. The molecule has 0 bridgehead atoms. The number of rotatable bonds is 1. The molecule has 17 heavy (non-hydrogen) atoms. The number of fused-ring (bicyclic) bond motifs is 1. The topological polar surface area (TPSA) is 97.3 Å². The van der Waals surface area contributed by atoms with E-state index in [9.17, 15) is 4.79 Å². The minimum Gasteiger partial charge on any atom is -0.370 e. The normalized spacial score (nSPS) is 9.71. The lowest BCUT2D eigenvalue weighted by Gasteiger charge is -1.90. The Morgan fingerprint density at radius 1 is 1.29 bits per heavy atom. The molecular weight excluding hydrogens is 263 g/mol. The second kappa shape index (κ2) is 5.07. The Hall–Kier alpha value is -1.72. The predicted molar refractivity (Wildman–Crippen MR) is 70.7 cm³/mol. The van der Waals surface area contributed by atoms with E-state index in [4.69, 9.17) is 23.1 Å². The maximum Gasteiger partial charge on any atom is 0.296 e. The Balaban J connectivity index is 0.00000144. The highest BCUT2D eigenvalue weighted by Gasteiger charge is 2.08. The van der Waals surface area contributed by atoms with Crippen LogP contribution in [0.25, 0.3) is 10.9 Å². The predicted octanol–water partition coefficient (Wildman–Crippen LogP) is 1.66. The lowest BCUT2D eigenvalue weighted by Crippen LogP contribution is -2.24. The van der Waals surface area contributed by atoms with Crippen molar-refractivity contribution < 1.29 is 4.79 Å². The Labute approximate surface area is 108 Å². The number of amides is 1. The minimum absolute atomic E-state index is 0. The van der Waals surface area contributed by atoms with Gasteiger partial charge >= 0.3 is 0 Å². The van der Waals surface area contributed by atoms with Gasteiger partial charge in [-0.2, -0.15) is 4.99 Å². The zero-order chi connectivity index (χ0) is 11.7. The highest BCUT2D eigenvalue weighted by Crippen LogP contribution is 2.20. The third-order valence-electron chi connectivity index (χ3n) is 2.04. The molecule has 1 amide bonds. The van der Waals surface area contributed by atoms with Crippen LogP contribution in [0.1, 0.15) is 10.5 Å². The summed E-state index contributed by atoms with van der Waals surface area (Å²) in [7, 11) is 0. The lowest BCUT2D eigenvalue weighted by molar-refractivity contribution is 0.0999. The molecule has 2 aromatic rings. The van der Waals surface area contributed by atoms with E-state index in [0.29, 0.717) is 10.7 Å². The van der Waals surface area contributed by atoms with Crippen LogP contribution >= 0.6 is 24.0 Å². The number of nitrogens with one attached hydrogen (secondary N) is 1. The third kappa shape index (κ3) is 2.89. The molecule has 0 saturated heterocycles. The van der Waals surface area contributed by atoms with Crippen LogP contribution in [-0.4, -0.2) is 16.9 Å². The maximum absolute atomic E-state index is 11.5. The van der Waals surface area contributed by atoms with E-state index in [1.165, 1.54) is 0 Å². The fraction of sp³-hybridized carbons (Fsp3) is 0. The number of carbonyl (C=O) groups is 1. The van der Waals surface area contributed by atoms with Crippen molar-refractivity contribution >= 4 is 46.8 Å². The third-order valence-corrected chi connectivity index (χ3v) is 2.28. The zero-order valence-electron chi connectivity index (χ0n) is 8.61. The first kappa shape index (κ1) is 13.3. The second-order valence-corrected chi connectivity index (χ2v) is 3.69. The Kier molecular flexibility index (Phi) is 3.98. The smallest absolute Gasteiger partial charge is 0.296 e. The molecule has 5 nitrogen and oxygen atoms in total. The van der Waals surface area contributed by atoms with Crippen LogP contribution in [0.15, 0.2) is 29.3 Å². The molecule has 1 aromatic carbocycles. The Morgan fingerprint density at radius 3 is 2.65 bits per heavy atom. The molecule has 0 aliphatic rings. The van der Waals surface area contributed by atoms with E-state index in [0.717, 1.165) is 10.9 Å². The molecular formula is C10H10Cl2N4O. The average molecular weight is 273 g/mol. The highest BCUT2D eigenvalue weighted by atomic mass is 35.5. The minimum atomic E-state index is -0.507. The summed E-state index contributed by atoms with van der Waals surface area (Å²) in [6.45, 7) is 0. The van der Waals surface area contributed by atoms with Gasteiger partial charge in [0, 0.05) is 15.9 Å². The summed E-state index contributed by atoms with van der Waals surface area (Å²) < 4.78 is 0. The quantitative estimate of drug-likeness (QED) is 0.544. The number of H-pyrrole nitrogens is 1. The molecule has 7 heteroatoms. The number of hydrogen-bond donors (Lipinski definition) is 3. The van der Waals surface area contributed by atoms with E-state index in [2.05, 4.69) is 9.98 Å². The molecule has 5 N–H and O–H groups in total. The van der Waals surface area contributed by atoms with Gasteiger partial charge in [0.1, 0.15) is 5.69 Å². The lowest BCUT2D eigenvalue weighted by atomic mass is 10.2. The number of hydrogen-bond acceptors (Lipinski definition) is 1. The van der Waals surface area contributed by atoms with E-state index in [1.54, 1.807) is 24.3 Å². The first-order valence-electron chi connectivity index (χ1n) is 4.48. The number of aromatic amines is 1. The molecule has 1 heterocycles. The molecule has 0 fully saturated rings. The number of halogens is 2. The van der Waals surface area contributed by atoms with Gasteiger partial charge in [0.05, 0.1) is 0 Å². The molecule has 0 radical (unpaired) electrons. The van der Waals surface area contributed by atoms with Crippen molar-refractivity contribution in [3.63, 3.8) is 0 Å². The molecule has 0 aliphatic carbocycles. The van der Waals surface area contributed by atoms with Crippen molar-refractivity contribution in [2.75, 3.05) is 0 Å². The fourth-order valence-electron chi connectivity index (χ4n) is 1.40. The fourth-order valence-corrected chi connectivity index (χ4v) is 1.58. The van der Waals surface area contributed by atoms with Gasteiger partial charge in [-0.25, -0.2) is 0 Å². The summed E-state index contributed by atoms with van der Waals surface area (Å²) in [5, 5.41) is 1.44. The summed E-state index contributed by atoms with van der Waals surface area (Å²) in [5.74, 6) is -0.769. The average Bonchev–Trinajstić information content (AvgIpc) is 2.59. The van der Waals surface area contributed by atoms with Gasteiger partial charge < -0.3 is 16.5 Å². The van der Waals surface area contributed by atoms with Gasteiger partial charge in [0.2, 0.25) is 0 Å². The number of aliphatic imine (C=N–C) groups is 1. The van der Waals surface area contributed by atoms with Crippen molar-refractivity contribution in [3.8, 4) is 0 Å². The summed E-state index contributed by atoms with van der Waals surface area (Å²) in [5.41, 5.74) is 11.4. The number of benzene rings is 1. The van der Waals surface area contributed by atoms with Crippen molar-refractivity contribution in [2.45, 2.75) is 0 Å². The van der Waals surface area contributed by atoms with Gasteiger partial charge in [-0.3, -0.25) is 4.79 Å². The molecule has 1 aromatic heterocycles. The van der Waals surface area contributed by atoms with Gasteiger partial charge in [-0.15, -0.1) is 12.4 Å². The summed E-state index contributed by atoms with van der Waals surface area (Å²) in [4.78, 5) is 17.8. The van der Waals surface area contributed by atoms with Crippen molar-refractivity contribution in [3.05, 3.63) is 35.0 Å². The molecule has 0 aliphatic heterocycles. The monoisotopic (exact) mass is 272 g/mol. The van der Waals surface area contributed by atoms with Gasteiger partial charge in [-0.05, 0) is 24.3 Å². The van der Waals surface area contributed by atoms with Gasteiger partial charge in [-0.1, -0.05) is 11.6 Å². The van der Waals surface area contributed by atoms with E-state index in [-0.39, 0.29) is 18.4 Å². The van der Waals surface area contributed by atoms with Crippen molar-refractivity contribution in [1.29, 1.82) is 0 Å². The molecule has 0 atom stereocenters. The van der Waals surface area contributed by atoms with Crippen LogP contribution in [0.4, 0.5) is 0 Å². The Bertz CT molecular complexity index is 587. The summed E-state index contributed by atoms with van der Waals surface area (Å²) in [6, 6.07) is 6.91. The first-order chi connectivity index (χ1) is 7.56. The summed E-state index contributed by atoms with van der Waals surface area (Å²) >= 11 is 5.83. The molecule has 2 rings (SSSR count). The van der Waals surface area contributed by atoms with Crippen LogP contribution in [0, 0.1) is 0 Å².